The molecule has 1 unspecified atom stereocenters. The third-order valence-corrected chi connectivity index (χ3v) is 4.96. The highest BCUT2D eigenvalue weighted by Gasteiger charge is 2.44. The molecular formula is C16H30N2O3. The van der Waals surface area contributed by atoms with Crippen LogP contribution in [0.5, 0.6) is 0 Å². The lowest BCUT2D eigenvalue weighted by Crippen LogP contribution is -2.60. The van der Waals surface area contributed by atoms with Crippen LogP contribution in [0.4, 0.5) is 0 Å². The van der Waals surface area contributed by atoms with Gasteiger partial charge in [0, 0.05) is 18.6 Å². The van der Waals surface area contributed by atoms with Crippen molar-refractivity contribution in [1.82, 2.24) is 10.2 Å². The lowest BCUT2D eigenvalue weighted by Gasteiger charge is -2.41. The number of hydrogen-bond acceptors (Lipinski definition) is 3. The molecule has 1 atom stereocenters. The molecule has 0 spiro atoms. The predicted molar refractivity (Wildman–Crippen MR) is 83.1 cm³/mol. The molecule has 0 bridgehead atoms. The number of carbonyl (C=O) groups is 2. The van der Waals surface area contributed by atoms with Crippen LogP contribution in [-0.2, 0) is 9.59 Å². The number of likely N-dealkylation sites (tertiary alicyclic amines) is 1. The van der Waals surface area contributed by atoms with Crippen LogP contribution in [0.15, 0.2) is 0 Å². The maximum absolute atomic E-state index is 12.5. The highest BCUT2D eigenvalue weighted by Crippen LogP contribution is 2.31. The van der Waals surface area contributed by atoms with Gasteiger partial charge < -0.3 is 10.0 Å². The number of carboxylic acid groups (broad SMARTS) is 1. The predicted octanol–water partition coefficient (Wildman–Crippen LogP) is 2.26. The van der Waals surface area contributed by atoms with Crippen LogP contribution in [0.3, 0.4) is 0 Å². The number of amides is 1. The first kappa shape index (κ1) is 18.0. The van der Waals surface area contributed by atoms with Gasteiger partial charge in [0.15, 0.2) is 0 Å². The van der Waals surface area contributed by atoms with E-state index in [4.69, 9.17) is 0 Å². The molecule has 1 aliphatic heterocycles. The Hall–Kier alpha value is -1.10. The van der Waals surface area contributed by atoms with Crippen LogP contribution >= 0.6 is 0 Å². The van der Waals surface area contributed by atoms with E-state index in [2.05, 4.69) is 5.32 Å². The van der Waals surface area contributed by atoms with Crippen molar-refractivity contribution in [2.24, 2.45) is 5.41 Å². The van der Waals surface area contributed by atoms with Gasteiger partial charge in [0.1, 0.15) is 0 Å². The number of carboxylic acids is 1. The Labute approximate surface area is 128 Å². The molecule has 1 fully saturated rings. The average molecular weight is 298 g/mol. The van der Waals surface area contributed by atoms with Crippen LogP contribution in [0.25, 0.3) is 0 Å². The minimum atomic E-state index is -0.958. The standard InChI is InChI=1S/C16H30N2O3/c1-12(13(19)18-10-8-6-7-9-11-18)17-16(4,5)15(2,3)14(20)21/h12,17H,6-11H2,1-5H3,(H,20,21). The molecule has 1 heterocycles. The van der Waals surface area contributed by atoms with E-state index in [0.717, 1.165) is 25.9 Å². The minimum Gasteiger partial charge on any atom is -0.481 e. The summed E-state index contributed by atoms with van der Waals surface area (Å²) in [7, 11) is 0. The van der Waals surface area contributed by atoms with Crippen molar-refractivity contribution in [1.29, 1.82) is 0 Å². The maximum Gasteiger partial charge on any atom is 0.310 e. The number of carbonyl (C=O) groups excluding carboxylic acids is 1. The van der Waals surface area contributed by atoms with Gasteiger partial charge in [-0.15, -0.1) is 0 Å². The van der Waals surface area contributed by atoms with Crippen LogP contribution < -0.4 is 5.32 Å². The first-order chi connectivity index (χ1) is 9.59. The van der Waals surface area contributed by atoms with Gasteiger partial charge in [0.05, 0.1) is 11.5 Å². The Balaban J connectivity index is 2.72. The zero-order valence-corrected chi connectivity index (χ0v) is 14.0. The molecule has 0 aliphatic carbocycles. The van der Waals surface area contributed by atoms with Crippen molar-refractivity contribution in [3.63, 3.8) is 0 Å². The second kappa shape index (κ2) is 6.77. The summed E-state index contributed by atoms with van der Waals surface area (Å²) >= 11 is 0. The fraction of sp³-hybridized carbons (Fsp3) is 0.875. The topological polar surface area (TPSA) is 69.6 Å². The number of hydrogen-bond donors (Lipinski definition) is 2. The summed E-state index contributed by atoms with van der Waals surface area (Å²) in [6.45, 7) is 10.5. The molecule has 1 saturated heterocycles. The van der Waals surface area contributed by atoms with E-state index in [1.807, 2.05) is 25.7 Å². The Kier molecular flexibility index (Phi) is 5.79. The Morgan fingerprint density at radius 2 is 1.52 bits per heavy atom. The molecule has 0 saturated carbocycles. The summed E-state index contributed by atoms with van der Waals surface area (Å²) in [4.78, 5) is 25.9. The Morgan fingerprint density at radius 1 is 1.05 bits per heavy atom. The van der Waals surface area contributed by atoms with E-state index < -0.39 is 16.9 Å². The van der Waals surface area contributed by atoms with E-state index >= 15 is 0 Å². The number of aliphatic carboxylic acids is 1. The molecule has 1 amide bonds. The number of rotatable bonds is 5. The summed E-state index contributed by atoms with van der Waals surface area (Å²) in [6, 6.07) is -0.378. The van der Waals surface area contributed by atoms with Gasteiger partial charge in [-0.25, -0.2) is 0 Å². The summed E-state index contributed by atoms with van der Waals surface area (Å²) in [5.41, 5.74) is -1.64. The molecule has 1 rings (SSSR count). The average Bonchev–Trinajstić information content (AvgIpc) is 2.65. The molecule has 21 heavy (non-hydrogen) atoms. The van der Waals surface area contributed by atoms with Crippen molar-refractivity contribution < 1.29 is 14.7 Å². The van der Waals surface area contributed by atoms with Crippen molar-refractivity contribution in [2.45, 2.75) is 71.9 Å². The van der Waals surface area contributed by atoms with Crippen molar-refractivity contribution in [3.8, 4) is 0 Å². The van der Waals surface area contributed by atoms with E-state index in [1.54, 1.807) is 13.8 Å². The third kappa shape index (κ3) is 4.19. The second-order valence-corrected chi connectivity index (χ2v) is 7.16. The highest BCUT2D eigenvalue weighted by atomic mass is 16.4. The molecule has 0 aromatic heterocycles. The monoisotopic (exact) mass is 298 g/mol. The van der Waals surface area contributed by atoms with E-state index in [-0.39, 0.29) is 11.9 Å². The van der Waals surface area contributed by atoms with Gasteiger partial charge in [-0.3, -0.25) is 14.9 Å². The quantitative estimate of drug-likeness (QED) is 0.817. The van der Waals surface area contributed by atoms with Crippen LogP contribution in [0.1, 0.15) is 60.3 Å². The molecular weight excluding hydrogens is 268 g/mol. The summed E-state index contributed by atoms with van der Waals surface area (Å²) in [5, 5.41) is 12.6. The minimum absolute atomic E-state index is 0.0752. The molecule has 5 heteroatoms. The Bertz CT molecular complexity index is 383. The van der Waals surface area contributed by atoms with Crippen molar-refractivity contribution in [2.75, 3.05) is 13.1 Å². The van der Waals surface area contributed by atoms with Gasteiger partial charge in [-0.2, -0.15) is 0 Å². The number of nitrogens with zero attached hydrogens (tertiary/aromatic N) is 1. The van der Waals surface area contributed by atoms with Crippen molar-refractivity contribution in [3.05, 3.63) is 0 Å². The summed E-state index contributed by atoms with van der Waals surface area (Å²) in [5.74, 6) is -0.791. The first-order valence-corrected chi connectivity index (χ1v) is 7.89. The van der Waals surface area contributed by atoms with Crippen LogP contribution in [0.2, 0.25) is 0 Å². The van der Waals surface area contributed by atoms with Gasteiger partial charge >= 0.3 is 5.97 Å². The summed E-state index contributed by atoms with van der Waals surface area (Å²) in [6.07, 6.45) is 4.48. The lowest BCUT2D eigenvalue weighted by atomic mass is 9.74. The summed E-state index contributed by atoms with van der Waals surface area (Å²) < 4.78 is 0. The number of nitrogens with one attached hydrogen (secondary N) is 1. The maximum atomic E-state index is 12.5. The molecule has 122 valence electrons. The fourth-order valence-electron chi connectivity index (χ4n) is 2.62. The molecule has 5 nitrogen and oxygen atoms in total. The largest absolute Gasteiger partial charge is 0.481 e. The van der Waals surface area contributed by atoms with Crippen LogP contribution in [0, 0.1) is 5.41 Å². The third-order valence-electron chi connectivity index (χ3n) is 4.96. The molecule has 0 radical (unpaired) electrons. The molecule has 2 N–H and O–H groups in total. The SMILES string of the molecule is CC(NC(C)(C)C(C)(C)C(=O)O)C(=O)N1CCCCCC1. The first-order valence-electron chi connectivity index (χ1n) is 7.89. The van der Waals surface area contributed by atoms with E-state index in [1.165, 1.54) is 12.8 Å². The zero-order valence-electron chi connectivity index (χ0n) is 14.0. The van der Waals surface area contributed by atoms with Crippen LogP contribution in [-0.4, -0.2) is 46.6 Å². The van der Waals surface area contributed by atoms with Gasteiger partial charge in [-0.05, 0) is 47.5 Å². The lowest BCUT2D eigenvalue weighted by molar-refractivity contribution is -0.152. The molecule has 1 aliphatic rings. The van der Waals surface area contributed by atoms with E-state index in [9.17, 15) is 14.7 Å². The van der Waals surface area contributed by atoms with Gasteiger partial charge in [0.2, 0.25) is 5.91 Å². The van der Waals surface area contributed by atoms with Gasteiger partial charge in [-0.1, -0.05) is 12.8 Å². The van der Waals surface area contributed by atoms with E-state index in [0.29, 0.717) is 0 Å². The highest BCUT2D eigenvalue weighted by molar-refractivity contribution is 5.82. The second-order valence-electron chi connectivity index (χ2n) is 7.16. The molecule has 0 aromatic rings. The zero-order chi connectivity index (χ0) is 16.3. The smallest absolute Gasteiger partial charge is 0.310 e. The normalized spacial score (nSPS) is 19.0. The fourth-order valence-corrected chi connectivity index (χ4v) is 2.62. The molecule has 0 aromatic carbocycles. The van der Waals surface area contributed by atoms with Crippen molar-refractivity contribution >= 4 is 11.9 Å². The van der Waals surface area contributed by atoms with Gasteiger partial charge in [0.25, 0.3) is 0 Å². The Morgan fingerprint density at radius 3 is 1.95 bits per heavy atom.